The van der Waals surface area contributed by atoms with Crippen LogP contribution in [0.2, 0.25) is 0 Å². The average molecular weight is 504 g/mol. The molecule has 1 aromatic heterocycles. The number of aryl methyl sites for hydroxylation is 1. The third-order valence-corrected chi connectivity index (χ3v) is 5.90. The number of hydrogen-bond donors (Lipinski definition) is 1. The lowest BCUT2D eigenvalue weighted by molar-refractivity contribution is 0.0949. The van der Waals surface area contributed by atoms with E-state index in [9.17, 15) is 4.79 Å². The number of benzene rings is 3. The summed E-state index contributed by atoms with van der Waals surface area (Å²) >= 11 is 3.40. The highest BCUT2D eigenvalue weighted by Gasteiger charge is 2.13. The lowest BCUT2D eigenvalue weighted by atomic mass is 10.1. The minimum atomic E-state index is -0.122. The van der Waals surface area contributed by atoms with Crippen LogP contribution in [0.4, 0.5) is 0 Å². The van der Waals surface area contributed by atoms with Gasteiger partial charge in [0.2, 0.25) is 0 Å². The van der Waals surface area contributed by atoms with E-state index in [0.717, 1.165) is 52.0 Å². The van der Waals surface area contributed by atoms with Gasteiger partial charge in [-0.1, -0.05) is 52.3 Å². The molecule has 0 bridgehead atoms. The molecule has 0 aliphatic heterocycles. The number of imidazole rings is 1. The molecule has 3 aromatic carbocycles. The Morgan fingerprint density at radius 2 is 1.82 bits per heavy atom. The molecule has 0 saturated heterocycles. The number of ether oxygens (including phenoxy) is 1. The van der Waals surface area contributed by atoms with Gasteiger partial charge in [0.25, 0.3) is 5.91 Å². The van der Waals surface area contributed by atoms with Crippen LogP contribution in [0.25, 0.3) is 11.0 Å². The molecule has 0 fully saturated rings. The number of amides is 1. The first-order valence-electron chi connectivity index (χ1n) is 10.9. The van der Waals surface area contributed by atoms with E-state index in [4.69, 9.17) is 9.72 Å². The van der Waals surface area contributed by atoms with Gasteiger partial charge in [0.05, 0.1) is 24.2 Å². The minimum absolute atomic E-state index is 0.122. The van der Waals surface area contributed by atoms with Gasteiger partial charge >= 0.3 is 0 Å². The number of allylic oxidation sites excluding steroid dienone is 1. The van der Waals surface area contributed by atoms with Crippen molar-refractivity contribution in [3.63, 3.8) is 0 Å². The molecule has 5 nitrogen and oxygen atoms in total. The molecule has 0 spiro atoms. The van der Waals surface area contributed by atoms with E-state index in [-0.39, 0.29) is 5.91 Å². The summed E-state index contributed by atoms with van der Waals surface area (Å²) in [6, 6.07) is 23.4. The van der Waals surface area contributed by atoms with Crippen LogP contribution in [0, 0.1) is 0 Å². The standard InChI is InChI=1S/C27H26BrN3O2/c1-2-8-20-9-3-6-12-25(20)33-18-7-17-31-24-11-5-4-10-23(24)30-26(31)19-29-27(32)21-13-15-22(28)16-14-21/h2-6,9-16H,1,7-8,17-19H2,(H,29,32). The van der Waals surface area contributed by atoms with Crippen LogP contribution < -0.4 is 10.1 Å². The number of fused-ring (bicyclic) bond motifs is 1. The highest BCUT2D eigenvalue weighted by Crippen LogP contribution is 2.20. The fourth-order valence-corrected chi connectivity index (χ4v) is 4.01. The topological polar surface area (TPSA) is 56.1 Å². The molecule has 6 heteroatoms. The number of rotatable bonds is 10. The summed E-state index contributed by atoms with van der Waals surface area (Å²) in [5, 5.41) is 3.00. The van der Waals surface area contributed by atoms with Gasteiger partial charge in [-0.05, 0) is 60.9 Å². The minimum Gasteiger partial charge on any atom is -0.493 e. The van der Waals surface area contributed by atoms with Gasteiger partial charge in [-0.3, -0.25) is 4.79 Å². The molecule has 0 saturated carbocycles. The largest absolute Gasteiger partial charge is 0.493 e. The molecular weight excluding hydrogens is 478 g/mol. The number of nitrogens with zero attached hydrogens (tertiary/aromatic N) is 2. The van der Waals surface area contributed by atoms with Crippen molar-refractivity contribution >= 4 is 32.9 Å². The second-order valence-electron chi connectivity index (χ2n) is 7.66. The third-order valence-electron chi connectivity index (χ3n) is 5.37. The summed E-state index contributed by atoms with van der Waals surface area (Å²) in [6.07, 6.45) is 3.48. The third kappa shape index (κ3) is 5.71. The van der Waals surface area contributed by atoms with Crippen LogP contribution >= 0.6 is 15.9 Å². The predicted octanol–water partition coefficient (Wildman–Crippen LogP) is 5.93. The fraction of sp³-hybridized carbons (Fsp3) is 0.185. The van der Waals surface area contributed by atoms with Gasteiger partial charge in [-0.25, -0.2) is 4.98 Å². The van der Waals surface area contributed by atoms with E-state index in [1.165, 1.54) is 0 Å². The Morgan fingerprint density at radius 1 is 1.06 bits per heavy atom. The van der Waals surface area contributed by atoms with Crippen molar-refractivity contribution in [2.24, 2.45) is 0 Å². The van der Waals surface area contributed by atoms with Crippen LogP contribution in [-0.4, -0.2) is 22.1 Å². The maximum absolute atomic E-state index is 12.6. The van der Waals surface area contributed by atoms with E-state index >= 15 is 0 Å². The van der Waals surface area contributed by atoms with Crippen molar-refractivity contribution in [1.82, 2.24) is 14.9 Å². The first kappa shape index (κ1) is 22.8. The summed E-state index contributed by atoms with van der Waals surface area (Å²) in [5.41, 5.74) is 3.73. The molecule has 0 radical (unpaired) electrons. The first-order valence-corrected chi connectivity index (χ1v) is 11.7. The molecule has 33 heavy (non-hydrogen) atoms. The maximum Gasteiger partial charge on any atom is 0.251 e. The molecule has 0 aliphatic carbocycles. The molecule has 1 N–H and O–H groups in total. The van der Waals surface area contributed by atoms with Crippen molar-refractivity contribution in [2.75, 3.05) is 6.61 Å². The first-order chi connectivity index (χ1) is 16.2. The van der Waals surface area contributed by atoms with E-state index in [0.29, 0.717) is 18.7 Å². The zero-order valence-electron chi connectivity index (χ0n) is 18.3. The quantitative estimate of drug-likeness (QED) is 0.215. The van der Waals surface area contributed by atoms with Crippen LogP contribution in [0.3, 0.4) is 0 Å². The van der Waals surface area contributed by atoms with Gasteiger partial charge in [0.1, 0.15) is 11.6 Å². The molecule has 0 unspecified atom stereocenters. The van der Waals surface area contributed by atoms with Gasteiger partial charge in [0.15, 0.2) is 0 Å². The number of carbonyl (C=O) groups excluding carboxylic acids is 1. The molecule has 168 valence electrons. The van der Waals surface area contributed by atoms with E-state index in [2.05, 4.69) is 44.5 Å². The molecule has 0 atom stereocenters. The van der Waals surface area contributed by atoms with Crippen molar-refractivity contribution in [2.45, 2.75) is 25.9 Å². The SMILES string of the molecule is C=CCc1ccccc1OCCCn1c(CNC(=O)c2ccc(Br)cc2)nc2ccccc21. The zero-order valence-corrected chi connectivity index (χ0v) is 19.9. The van der Waals surface area contributed by atoms with Crippen LogP contribution in [0.15, 0.2) is 89.9 Å². The molecular formula is C27H26BrN3O2. The lowest BCUT2D eigenvalue weighted by Crippen LogP contribution is -2.25. The number of nitrogens with one attached hydrogen (secondary N) is 1. The molecule has 0 aliphatic rings. The summed E-state index contributed by atoms with van der Waals surface area (Å²) in [4.78, 5) is 17.3. The van der Waals surface area contributed by atoms with Crippen molar-refractivity contribution in [3.8, 4) is 5.75 Å². The fourth-order valence-electron chi connectivity index (χ4n) is 3.75. The van der Waals surface area contributed by atoms with Crippen molar-refractivity contribution in [1.29, 1.82) is 0 Å². The Hall–Kier alpha value is -3.38. The normalized spacial score (nSPS) is 10.8. The van der Waals surface area contributed by atoms with E-state index < -0.39 is 0 Å². The van der Waals surface area contributed by atoms with Gasteiger partial charge in [0, 0.05) is 16.6 Å². The number of para-hydroxylation sites is 3. The van der Waals surface area contributed by atoms with Crippen molar-refractivity contribution < 1.29 is 9.53 Å². The summed E-state index contributed by atoms with van der Waals surface area (Å²) < 4.78 is 9.15. The maximum atomic E-state index is 12.6. The van der Waals surface area contributed by atoms with Gasteiger partial charge in [-0.15, -0.1) is 6.58 Å². The Labute approximate surface area is 202 Å². The molecule has 4 rings (SSSR count). The Bertz CT molecular complexity index is 1250. The number of aromatic nitrogens is 2. The molecule has 1 heterocycles. The molecule has 4 aromatic rings. The van der Waals surface area contributed by atoms with Crippen LogP contribution in [0.5, 0.6) is 5.75 Å². The summed E-state index contributed by atoms with van der Waals surface area (Å²) in [6.45, 7) is 5.51. The smallest absolute Gasteiger partial charge is 0.251 e. The molecule has 1 amide bonds. The number of carbonyl (C=O) groups is 1. The monoisotopic (exact) mass is 503 g/mol. The second-order valence-corrected chi connectivity index (χ2v) is 8.58. The number of hydrogen-bond acceptors (Lipinski definition) is 3. The van der Waals surface area contributed by atoms with Gasteiger partial charge < -0.3 is 14.6 Å². The van der Waals surface area contributed by atoms with E-state index in [1.807, 2.05) is 54.6 Å². The van der Waals surface area contributed by atoms with Gasteiger partial charge in [-0.2, -0.15) is 0 Å². The zero-order chi connectivity index (χ0) is 23.0. The summed E-state index contributed by atoms with van der Waals surface area (Å²) in [5.74, 6) is 1.60. The highest BCUT2D eigenvalue weighted by atomic mass is 79.9. The van der Waals surface area contributed by atoms with Crippen LogP contribution in [-0.2, 0) is 19.5 Å². The Balaban J connectivity index is 1.42. The Morgan fingerprint density at radius 3 is 2.64 bits per heavy atom. The predicted molar refractivity (Wildman–Crippen MR) is 136 cm³/mol. The van der Waals surface area contributed by atoms with Crippen LogP contribution in [0.1, 0.15) is 28.2 Å². The summed E-state index contributed by atoms with van der Waals surface area (Å²) in [7, 11) is 0. The highest BCUT2D eigenvalue weighted by molar-refractivity contribution is 9.10. The Kier molecular flexibility index (Phi) is 7.58. The average Bonchev–Trinajstić information content (AvgIpc) is 3.19. The number of halogens is 1. The van der Waals surface area contributed by atoms with E-state index in [1.54, 1.807) is 12.1 Å². The van der Waals surface area contributed by atoms with Crippen molar-refractivity contribution in [3.05, 3.63) is 107 Å². The second kappa shape index (κ2) is 11.0. The lowest BCUT2D eigenvalue weighted by Gasteiger charge is -2.13.